The first-order chi connectivity index (χ1) is 6.68. The van der Waals surface area contributed by atoms with Gasteiger partial charge in [-0.1, -0.05) is 11.6 Å². The lowest BCUT2D eigenvalue weighted by molar-refractivity contribution is 0.0874. The van der Waals surface area contributed by atoms with Crippen LogP contribution in [0.25, 0.3) is 0 Å². The molecule has 1 aromatic rings. The van der Waals surface area contributed by atoms with Crippen molar-refractivity contribution in [2.45, 2.75) is 0 Å². The molecular formula is C10H9ClFNO. The van der Waals surface area contributed by atoms with Gasteiger partial charge in [-0.3, -0.25) is 4.79 Å². The minimum absolute atomic E-state index is 0.0781. The van der Waals surface area contributed by atoms with Crippen molar-refractivity contribution in [2.24, 2.45) is 5.92 Å². The molecule has 1 aromatic carbocycles. The highest BCUT2D eigenvalue weighted by atomic mass is 35.5. The van der Waals surface area contributed by atoms with E-state index in [-0.39, 0.29) is 17.3 Å². The molecule has 74 valence electrons. The fraction of sp³-hybridized carbons (Fsp3) is 0.300. The molecule has 1 aliphatic heterocycles. The van der Waals surface area contributed by atoms with Crippen molar-refractivity contribution < 1.29 is 9.18 Å². The summed E-state index contributed by atoms with van der Waals surface area (Å²) in [6.07, 6.45) is 0. The molecule has 0 atom stereocenters. The molecule has 0 saturated carbocycles. The van der Waals surface area contributed by atoms with Crippen LogP contribution in [0.4, 0.5) is 4.39 Å². The normalized spacial score (nSPS) is 16.4. The topological polar surface area (TPSA) is 29.1 Å². The number of carbonyl (C=O) groups excluding carboxylic acids is 1. The molecule has 4 heteroatoms. The van der Waals surface area contributed by atoms with E-state index in [0.717, 1.165) is 0 Å². The van der Waals surface area contributed by atoms with Crippen LogP contribution in [0.1, 0.15) is 10.4 Å². The maximum absolute atomic E-state index is 13.3. The Morgan fingerprint density at radius 3 is 2.71 bits per heavy atom. The molecule has 0 amide bonds. The van der Waals surface area contributed by atoms with E-state index in [1.165, 1.54) is 18.2 Å². The Morgan fingerprint density at radius 1 is 1.50 bits per heavy atom. The predicted octanol–water partition coefficient (Wildman–Crippen LogP) is 1.88. The third-order valence-electron chi connectivity index (χ3n) is 2.35. The zero-order chi connectivity index (χ0) is 10.1. The van der Waals surface area contributed by atoms with Gasteiger partial charge in [-0.05, 0) is 18.2 Å². The van der Waals surface area contributed by atoms with Crippen molar-refractivity contribution in [3.63, 3.8) is 0 Å². The van der Waals surface area contributed by atoms with Gasteiger partial charge in [0.1, 0.15) is 5.82 Å². The van der Waals surface area contributed by atoms with E-state index < -0.39 is 5.82 Å². The Kier molecular flexibility index (Phi) is 2.52. The number of carbonyl (C=O) groups is 1. The number of Topliss-reactive ketones (excluding diaryl/α,β-unsaturated/α-hetero) is 1. The monoisotopic (exact) mass is 213 g/mol. The van der Waals surface area contributed by atoms with E-state index in [2.05, 4.69) is 5.32 Å². The lowest BCUT2D eigenvalue weighted by atomic mass is 9.92. The van der Waals surface area contributed by atoms with Crippen LogP contribution in [0.2, 0.25) is 5.02 Å². The van der Waals surface area contributed by atoms with E-state index >= 15 is 0 Å². The van der Waals surface area contributed by atoms with Crippen LogP contribution in [0.5, 0.6) is 0 Å². The van der Waals surface area contributed by atoms with Crippen molar-refractivity contribution >= 4 is 17.4 Å². The number of hydrogen-bond donors (Lipinski definition) is 1. The van der Waals surface area contributed by atoms with Crippen LogP contribution in [0.15, 0.2) is 18.2 Å². The molecule has 1 heterocycles. The number of benzene rings is 1. The van der Waals surface area contributed by atoms with Crippen molar-refractivity contribution in [2.75, 3.05) is 13.1 Å². The van der Waals surface area contributed by atoms with Gasteiger partial charge in [0.15, 0.2) is 5.78 Å². The Hall–Kier alpha value is -0.930. The second kappa shape index (κ2) is 3.67. The molecule has 0 aliphatic carbocycles. The molecule has 0 bridgehead atoms. The summed E-state index contributed by atoms with van der Waals surface area (Å²) >= 11 is 5.59. The van der Waals surface area contributed by atoms with Crippen LogP contribution in [-0.4, -0.2) is 18.9 Å². The SMILES string of the molecule is O=C(c1ccc(Cl)cc1F)C1CNC1. The van der Waals surface area contributed by atoms with Gasteiger partial charge in [0.2, 0.25) is 0 Å². The third-order valence-corrected chi connectivity index (χ3v) is 2.58. The maximum Gasteiger partial charge on any atom is 0.171 e. The van der Waals surface area contributed by atoms with E-state index in [1.807, 2.05) is 0 Å². The fourth-order valence-electron chi connectivity index (χ4n) is 1.38. The summed E-state index contributed by atoms with van der Waals surface area (Å²) in [7, 11) is 0. The van der Waals surface area contributed by atoms with E-state index in [4.69, 9.17) is 11.6 Å². The molecule has 1 aliphatic rings. The van der Waals surface area contributed by atoms with E-state index in [1.54, 1.807) is 0 Å². The van der Waals surface area contributed by atoms with Gasteiger partial charge in [-0.25, -0.2) is 4.39 Å². The first kappa shape index (κ1) is 9.62. The van der Waals surface area contributed by atoms with Crippen molar-refractivity contribution in [3.05, 3.63) is 34.6 Å². The summed E-state index contributed by atoms with van der Waals surface area (Å²) in [5.74, 6) is -0.752. The summed E-state index contributed by atoms with van der Waals surface area (Å²) in [4.78, 5) is 11.6. The third kappa shape index (κ3) is 1.65. The molecule has 1 fully saturated rings. The molecular weight excluding hydrogens is 205 g/mol. The zero-order valence-corrected chi connectivity index (χ0v) is 8.14. The van der Waals surface area contributed by atoms with Crippen molar-refractivity contribution in [1.82, 2.24) is 5.32 Å². The number of rotatable bonds is 2. The first-order valence-corrected chi connectivity index (χ1v) is 4.76. The second-order valence-electron chi connectivity index (χ2n) is 3.34. The van der Waals surface area contributed by atoms with Gasteiger partial charge in [0.05, 0.1) is 5.56 Å². The molecule has 1 saturated heterocycles. The lowest BCUT2D eigenvalue weighted by Gasteiger charge is -2.25. The van der Waals surface area contributed by atoms with Gasteiger partial charge >= 0.3 is 0 Å². The minimum Gasteiger partial charge on any atom is -0.315 e. The fourth-order valence-corrected chi connectivity index (χ4v) is 1.54. The summed E-state index contributed by atoms with van der Waals surface area (Å²) in [6.45, 7) is 1.28. The summed E-state index contributed by atoms with van der Waals surface area (Å²) in [5.41, 5.74) is 0.140. The van der Waals surface area contributed by atoms with Gasteiger partial charge in [-0.15, -0.1) is 0 Å². The minimum atomic E-state index is -0.533. The standard InChI is InChI=1S/C10H9ClFNO/c11-7-1-2-8(9(12)3-7)10(14)6-4-13-5-6/h1-3,6,13H,4-5H2. The van der Waals surface area contributed by atoms with E-state index in [0.29, 0.717) is 18.1 Å². The molecule has 2 rings (SSSR count). The Bertz CT molecular complexity index is 376. The quantitative estimate of drug-likeness (QED) is 0.761. The second-order valence-corrected chi connectivity index (χ2v) is 3.78. The number of halogens is 2. The Morgan fingerprint density at radius 2 is 2.21 bits per heavy atom. The van der Waals surface area contributed by atoms with Crippen molar-refractivity contribution in [3.8, 4) is 0 Å². The Labute approximate surface area is 86.1 Å². The molecule has 0 unspecified atom stereocenters. The Balaban J connectivity index is 2.26. The summed E-state index contributed by atoms with van der Waals surface area (Å²) < 4.78 is 13.3. The van der Waals surface area contributed by atoms with Gasteiger partial charge < -0.3 is 5.32 Å². The molecule has 2 nitrogen and oxygen atoms in total. The maximum atomic E-state index is 13.3. The summed E-state index contributed by atoms with van der Waals surface area (Å²) in [5, 5.41) is 3.28. The highest BCUT2D eigenvalue weighted by Gasteiger charge is 2.27. The molecule has 0 radical (unpaired) electrons. The molecule has 0 spiro atoms. The van der Waals surface area contributed by atoms with Gasteiger partial charge in [0, 0.05) is 24.0 Å². The molecule has 1 N–H and O–H groups in total. The number of nitrogens with one attached hydrogen (secondary N) is 1. The van der Waals surface area contributed by atoms with E-state index in [9.17, 15) is 9.18 Å². The van der Waals surface area contributed by atoms with Crippen LogP contribution < -0.4 is 5.32 Å². The average molecular weight is 214 g/mol. The smallest absolute Gasteiger partial charge is 0.171 e. The van der Waals surface area contributed by atoms with Crippen LogP contribution in [-0.2, 0) is 0 Å². The predicted molar refractivity (Wildman–Crippen MR) is 52.1 cm³/mol. The molecule has 14 heavy (non-hydrogen) atoms. The highest BCUT2D eigenvalue weighted by Crippen LogP contribution is 2.19. The van der Waals surface area contributed by atoms with Crippen LogP contribution >= 0.6 is 11.6 Å². The first-order valence-electron chi connectivity index (χ1n) is 4.38. The largest absolute Gasteiger partial charge is 0.315 e. The van der Waals surface area contributed by atoms with Crippen molar-refractivity contribution in [1.29, 1.82) is 0 Å². The number of hydrogen-bond acceptors (Lipinski definition) is 2. The average Bonchev–Trinajstić information content (AvgIpc) is 2.00. The zero-order valence-electron chi connectivity index (χ0n) is 7.39. The van der Waals surface area contributed by atoms with Gasteiger partial charge in [0.25, 0.3) is 0 Å². The van der Waals surface area contributed by atoms with Crippen LogP contribution in [0, 0.1) is 11.7 Å². The lowest BCUT2D eigenvalue weighted by Crippen LogP contribution is -2.46. The highest BCUT2D eigenvalue weighted by molar-refractivity contribution is 6.30. The number of ketones is 1. The summed E-state index contributed by atoms with van der Waals surface area (Å²) in [6, 6.07) is 4.14. The molecule has 0 aromatic heterocycles. The van der Waals surface area contributed by atoms with Gasteiger partial charge in [-0.2, -0.15) is 0 Å². The van der Waals surface area contributed by atoms with Crippen LogP contribution in [0.3, 0.4) is 0 Å².